The average molecular weight is 399 g/mol. The Labute approximate surface area is 171 Å². The van der Waals surface area contributed by atoms with Crippen LogP contribution in [0.5, 0.6) is 0 Å². The predicted octanol–water partition coefficient (Wildman–Crippen LogP) is 3.76. The molecule has 1 aromatic heterocycles. The molecule has 0 aliphatic carbocycles. The van der Waals surface area contributed by atoms with Crippen LogP contribution in [-0.2, 0) is 6.54 Å². The molecule has 1 heterocycles. The summed E-state index contributed by atoms with van der Waals surface area (Å²) in [6.07, 6.45) is 3.28. The van der Waals surface area contributed by atoms with Crippen molar-refractivity contribution in [3.8, 4) is 0 Å². The first kappa shape index (κ1) is 19.0. The summed E-state index contributed by atoms with van der Waals surface area (Å²) in [7, 11) is 0. The van der Waals surface area contributed by atoms with Gasteiger partial charge in [-0.05, 0) is 22.4 Å². The van der Waals surface area contributed by atoms with Gasteiger partial charge in [-0.1, -0.05) is 54.6 Å². The van der Waals surface area contributed by atoms with Crippen LogP contribution in [0.2, 0.25) is 0 Å². The number of hydrogen-bond acceptors (Lipinski definition) is 5. The van der Waals surface area contributed by atoms with Crippen molar-refractivity contribution in [2.24, 2.45) is 5.10 Å². The van der Waals surface area contributed by atoms with Crippen LogP contribution in [0.3, 0.4) is 0 Å². The van der Waals surface area contributed by atoms with Crippen LogP contribution >= 0.6 is 0 Å². The number of nitro groups is 1. The van der Waals surface area contributed by atoms with Gasteiger partial charge in [0.05, 0.1) is 17.7 Å². The SMILES string of the molecule is O=C(NN=Cc1cccc2ccccc12)c1ccn(Cc2ccc([N+](=O)[O-])cc2)n1. The number of non-ortho nitro benzene ring substituents is 1. The molecule has 0 unspecified atom stereocenters. The van der Waals surface area contributed by atoms with Gasteiger partial charge in [-0.25, -0.2) is 5.43 Å². The van der Waals surface area contributed by atoms with Crippen molar-refractivity contribution in [1.82, 2.24) is 15.2 Å². The molecule has 1 amide bonds. The van der Waals surface area contributed by atoms with E-state index in [9.17, 15) is 14.9 Å². The zero-order valence-corrected chi connectivity index (χ0v) is 15.8. The van der Waals surface area contributed by atoms with Crippen LogP contribution < -0.4 is 5.43 Å². The number of aromatic nitrogens is 2. The second-order valence-electron chi connectivity index (χ2n) is 6.59. The van der Waals surface area contributed by atoms with Gasteiger partial charge in [0.1, 0.15) is 0 Å². The number of amides is 1. The van der Waals surface area contributed by atoms with E-state index in [1.165, 1.54) is 12.1 Å². The van der Waals surface area contributed by atoms with Crippen molar-refractivity contribution in [2.75, 3.05) is 0 Å². The summed E-state index contributed by atoms with van der Waals surface area (Å²) in [5, 5.41) is 21.1. The first-order chi connectivity index (χ1) is 14.6. The van der Waals surface area contributed by atoms with Gasteiger partial charge in [0, 0.05) is 23.9 Å². The van der Waals surface area contributed by atoms with E-state index >= 15 is 0 Å². The van der Waals surface area contributed by atoms with Crippen molar-refractivity contribution in [3.05, 3.63) is 106 Å². The largest absolute Gasteiger partial charge is 0.291 e. The summed E-state index contributed by atoms with van der Waals surface area (Å²) in [5.74, 6) is -0.422. The van der Waals surface area contributed by atoms with Crippen molar-refractivity contribution in [2.45, 2.75) is 6.54 Å². The molecule has 0 aliphatic heterocycles. The molecular formula is C22H17N5O3. The third kappa shape index (κ3) is 4.22. The molecule has 0 bridgehead atoms. The minimum Gasteiger partial charge on any atom is -0.268 e. The molecule has 0 fully saturated rings. The van der Waals surface area contributed by atoms with Gasteiger partial charge in [-0.2, -0.15) is 10.2 Å². The summed E-state index contributed by atoms with van der Waals surface area (Å²) in [6.45, 7) is 0.393. The molecule has 148 valence electrons. The lowest BCUT2D eigenvalue weighted by Gasteiger charge is -2.02. The predicted molar refractivity (Wildman–Crippen MR) is 113 cm³/mol. The molecule has 30 heavy (non-hydrogen) atoms. The van der Waals surface area contributed by atoms with Gasteiger partial charge in [0.2, 0.25) is 0 Å². The zero-order valence-electron chi connectivity index (χ0n) is 15.8. The number of hydrogen-bond donors (Lipinski definition) is 1. The Kier molecular flexibility index (Phi) is 5.29. The van der Waals surface area contributed by atoms with Gasteiger partial charge in [-0.15, -0.1) is 0 Å². The highest BCUT2D eigenvalue weighted by molar-refractivity contribution is 6.00. The van der Waals surface area contributed by atoms with Gasteiger partial charge in [-0.3, -0.25) is 19.6 Å². The van der Waals surface area contributed by atoms with E-state index < -0.39 is 10.8 Å². The number of hydrazone groups is 1. The minimum atomic E-state index is -0.446. The molecular weight excluding hydrogens is 382 g/mol. The molecule has 0 spiro atoms. The third-order valence-electron chi connectivity index (χ3n) is 4.56. The normalized spacial score (nSPS) is 11.1. The fourth-order valence-corrected chi connectivity index (χ4v) is 3.06. The highest BCUT2D eigenvalue weighted by Crippen LogP contribution is 2.17. The van der Waals surface area contributed by atoms with E-state index in [4.69, 9.17) is 0 Å². The maximum atomic E-state index is 12.3. The molecule has 0 aliphatic rings. The van der Waals surface area contributed by atoms with Crippen LogP contribution in [0.1, 0.15) is 21.6 Å². The fourth-order valence-electron chi connectivity index (χ4n) is 3.06. The molecule has 4 aromatic rings. The van der Waals surface area contributed by atoms with E-state index in [0.29, 0.717) is 6.54 Å². The Morgan fingerprint density at radius 2 is 1.83 bits per heavy atom. The Hall–Kier alpha value is -4.33. The van der Waals surface area contributed by atoms with Crippen molar-refractivity contribution >= 4 is 28.6 Å². The summed E-state index contributed by atoms with van der Waals surface area (Å²) < 4.78 is 1.59. The number of nitrogens with one attached hydrogen (secondary N) is 1. The molecule has 3 aromatic carbocycles. The third-order valence-corrected chi connectivity index (χ3v) is 4.56. The highest BCUT2D eigenvalue weighted by Gasteiger charge is 2.10. The van der Waals surface area contributed by atoms with Crippen LogP contribution in [0, 0.1) is 10.1 Å². The molecule has 4 rings (SSSR count). The number of carbonyl (C=O) groups is 1. The van der Waals surface area contributed by atoms with Crippen LogP contribution in [0.25, 0.3) is 10.8 Å². The molecule has 1 N–H and O–H groups in total. The van der Waals surface area contributed by atoms with Crippen molar-refractivity contribution in [1.29, 1.82) is 0 Å². The summed E-state index contributed by atoms with van der Waals surface area (Å²) in [5.41, 5.74) is 4.49. The quantitative estimate of drug-likeness (QED) is 0.303. The molecule has 0 radical (unpaired) electrons. The molecule has 0 saturated heterocycles. The summed E-state index contributed by atoms with van der Waals surface area (Å²) in [6, 6.07) is 21.6. The lowest BCUT2D eigenvalue weighted by molar-refractivity contribution is -0.384. The van der Waals surface area contributed by atoms with E-state index in [-0.39, 0.29) is 11.4 Å². The van der Waals surface area contributed by atoms with E-state index in [1.807, 2.05) is 42.5 Å². The Balaban J connectivity index is 1.40. The summed E-state index contributed by atoms with van der Waals surface area (Å²) in [4.78, 5) is 22.6. The highest BCUT2D eigenvalue weighted by atomic mass is 16.6. The second kappa shape index (κ2) is 8.36. The zero-order chi connectivity index (χ0) is 20.9. The molecule has 0 saturated carbocycles. The second-order valence-corrected chi connectivity index (χ2v) is 6.59. The van der Waals surface area contributed by atoms with E-state index in [1.54, 1.807) is 35.3 Å². The Morgan fingerprint density at radius 3 is 2.63 bits per heavy atom. The van der Waals surface area contributed by atoms with Crippen molar-refractivity contribution < 1.29 is 9.72 Å². The average Bonchev–Trinajstić information content (AvgIpc) is 3.23. The molecule has 0 atom stereocenters. The van der Waals surface area contributed by atoms with Crippen LogP contribution in [0.15, 0.2) is 84.1 Å². The monoisotopic (exact) mass is 399 g/mol. The van der Waals surface area contributed by atoms with E-state index in [2.05, 4.69) is 15.6 Å². The first-order valence-corrected chi connectivity index (χ1v) is 9.18. The van der Waals surface area contributed by atoms with Gasteiger partial charge in [0.25, 0.3) is 11.6 Å². The van der Waals surface area contributed by atoms with Gasteiger partial charge < -0.3 is 0 Å². The number of nitro benzene ring substituents is 1. The smallest absolute Gasteiger partial charge is 0.268 e. The Morgan fingerprint density at radius 1 is 1.07 bits per heavy atom. The van der Waals surface area contributed by atoms with Crippen LogP contribution in [0.4, 0.5) is 5.69 Å². The Bertz CT molecular complexity index is 1240. The number of carbonyl (C=O) groups excluding carboxylic acids is 1. The number of nitrogens with zero attached hydrogens (tertiary/aromatic N) is 4. The van der Waals surface area contributed by atoms with Gasteiger partial charge >= 0.3 is 0 Å². The fraction of sp³-hybridized carbons (Fsp3) is 0.0455. The molecule has 8 heteroatoms. The topological polar surface area (TPSA) is 102 Å². The van der Waals surface area contributed by atoms with Crippen LogP contribution in [-0.4, -0.2) is 26.8 Å². The number of fused-ring (bicyclic) bond motifs is 1. The maximum Gasteiger partial charge on any atom is 0.291 e. The van der Waals surface area contributed by atoms with Gasteiger partial charge in [0.15, 0.2) is 5.69 Å². The minimum absolute atomic E-state index is 0.0309. The first-order valence-electron chi connectivity index (χ1n) is 9.18. The molecule has 8 nitrogen and oxygen atoms in total. The van der Waals surface area contributed by atoms with E-state index in [0.717, 1.165) is 21.9 Å². The standard InChI is InChI=1S/C22H17N5O3/c28-22(24-23-14-18-6-3-5-17-4-1-2-7-20(17)18)21-12-13-26(25-21)15-16-8-10-19(11-9-16)27(29)30/h1-14H,15H2,(H,24,28). The lowest BCUT2D eigenvalue weighted by Crippen LogP contribution is -2.18. The lowest BCUT2D eigenvalue weighted by atomic mass is 10.1. The number of benzene rings is 3. The van der Waals surface area contributed by atoms with Crippen molar-refractivity contribution in [3.63, 3.8) is 0 Å². The number of rotatable bonds is 6. The maximum absolute atomic E-state index is 12.3. The summed E-state index contributed by atoms with van der Waals surface area (Å²) >= 11 is 0.